The van der Waals surface area contributed by atoms with Crippen molar-refractivity contribution >= 4 is 11.9 Å². The van der Waals surface area contributed by atoms with Gasteiger partial charge >= 0.3 is 5.97 Å². The van der Waals surface area contributed by atoms with E-state index in [-0.39, 0.29) is 24.7 Å². The van der Waals surface area contributed by atoms with Gasteiger partial charge in [-0.05, 0) is 51.0 Å². The molecule has 6 heteroatoms. The van der Waals surface area contributed by atoms with Crippen LogP contribution in [0.25, 0.3) is 0 Å². The molecule has 6 nitrogen and oxygen atoms in total. The Balaban J connectivity index is 1.76. The van der Waals surface area contributed by atoms with E-state index >= 15 is 0 Å². The fraction of sp³-hybridized carbons (Fsp3) is 0.529. The zero-order chi connectivity index (χ0) is 16.7. The molecule has 1 N–H and O–H groups in total. The van der Waals surface area contributed by atoms with Gasteiger partial charge in [0.05, 0.1) is 11.7 Å². The predicted octanol–water partition coefficient (Wildman–Crippen LogP) is 1.93. The molecule has 0 bridgehead atoms. The molecule has 23 heavy (non-hydrogen) atoms. The van der Waals surface area contributed by atoms with E-state index in [1.165, 1.54) is 0 Å². The Morgan fingerprint density at radius 1 is 1.30 bits per heavy atom. The van der Waals surface area contributed by atoms with Gasteiger partial charge in [-0.2, -0.15) is 0 Å². The van der Waals surface area contributed by atoms with Gasteiger partial charge in [-0.3, -0.25) is 4.79 Å². The highest BCUT2D eigenvalue weighted by Crippen LogP contribution is 2.17. The molecule has 1 aromatic carbocycles. The molecule has 1 aliphatic rings. The molecule has 0 aromatic heterocycles. The molecule has 1 aromatic rings. The van der Waals surface area contributed by atoms with Crippen LogP contribution in [0.4, 0.5) is 0 Å². The van der Waals surface area contributed by atoms with Gasteiger partial charge in [0.15, 0.2) is 6.61 Å². The summed E-state index contributed by atoms with van der Waals surface area (Å²) in [5.74, 6) is -0.172. The number of hydrogen-bond donors (Lipinski definition) is 1. The zero-order valence-electron chi connectivity index (χ0n) is 13.5. The molecule has 1 heterocycles. The summed E-state index contributed by atoms with van der Waals surface area (Å²) in [6.07, 6.45) is 2.24. The maximum atomic E-state index is 11.9. The first-order valence-corrected chi connectivity index (χ1v) is 7.85. The minimum absolute atomic E-state index is 0.0153. The molecule has 2 rings (SSSR count). The van der Waals surface area contributed by atoms with E-state index in [9.17, 15) is 9.59 Å². The van der Waals surface area contributed by atoms with E-state index in [4.69, 9.17) is 14.2 Å². The molecule has 1 saturated heterocycles. The maximum absolute atomic E-state index is 11.9. The normalized spacial score (nSPS) is 17.1. The first-order valence-electron chi connectivity index (χ1n) is 7.85. The number of nitrogens with one attached hydrogen (secondary N) is 1. The van der Waals surface area contributed by atoms with Gasteiger partial charge in [-0.15, -0.1) is 0 Å². The lowest BCUT2D eigenvalue weighted by atomic mass is 10.2. The van der Waals surface area contributed by atoms with Crippen LogP contribution >= 0.6 is 0 Å². The van der Waals surface area contributed by atoms with E-state index in [0.29, 0.717) is 17.9 Å². The summed E-state index contributed by atoms with van der Waals surface area (Å²) in [6.45, 7) is 4.71. The summed E-state index contributed by atoms with van der Waals surface area (Å²) in [5.41, 5.74) is 0.381. The summed E-state index contributed by atoms with van der Waals surface area (Å²) < 4.78 is 16.1. The monoisotopic (exact) mass is 321 g/mol. The first kappa shape index (κ1) is 17.3. The van der Waals surface area contributed by atoms with Gasteiger partial charge in [-0.25, -0.2) is 4.79 Å². The lowest BCUT2D eigenvalue weighted by Crippen LogP contribution is -2.33. The molecule has 0 radical (unpaired) electrons. The van der Waals surface area contributed by atoms with Gasteiger partial charge in [0.1, 0.15) is 12.4 Å². The van der Waals surface area contributed by atoms with Gasteiger partial charge in [0.25, 0.3) is 5.91 Å². The molecular weight excluding hydrogens is 298 g/mol. The largest absolute Gasteiger partial charge is 0.491 e. The van der Waals surface area contributed by atoms with Crippen molar-refractivity contribution in [3.63, 3.8) is 0 Å². The van der Waals surface area contributed by atoms with Crippen LogP contribution in [0.2, 0.25) is 0 Å². The molecule has 0 saturated carbocycles. The van der Waals surface area contributed by atoms with E-state index in [0.717, 1.165) is 19.4 Å². The predicted molar refractivity (Wildman–Crippen MR) is 84.5 cm³/mol. The zero-order valence-corrected chi connectivity index (χ0v) is 13.5. The van der Waals surface area contributed by atoms with Crippen molar-refractivity contribution in [1.82, 2.24) is 5.32 Å². The second kappa shape index (κ2) is 8.53. The highest BCUT2D eigenvalue weighted by Gasteiger charge is 2.16. The Kier molecular flexibility index (Phi) is 6.40. The minimum atomic E-state index is -0.533. The SMILES string of the molecule is CC(C)NC(=O)COC(=O)c1ccc(OC[C@@H]2CCCO2)cc1. The number of benzene rings is 1. The molecule has 126 valence electrons. The van der Waals surface area contributed by atoms with Crippen molar-refractivity contribution in [3.05, 3.63) is 29.8 Å². The number of rotatable bonds is 7. The molecular formula is C17H23NO5. The minimum Gasteiger partial charge on any atom is -0.491 e. The second-order valence-electron chi connectivity index (χ2n) is 5.77. The van der Waals surface area contributed by atoms with Crippen LogP contribution in [0.15, 0.2) is 24.3 Å². The Labute approximate surface area is 136 Å². The summed E-state index contributed by atoms with van der Waals surface area (Å²) in [6, 6.07) is 6.67. The van der Waals surface area contributed by atoms with Crippen molar-refractivity contribution in [2.75, 3.05) is 19.8 Å². The van der Waals surface area contributed by atoms with Crippen LogP contribution in [0.3, 0.4) is 0 Å². The number of amides is 1. The standard InChI is InChI=1S/C17H23NO5/c1-12(2)18-16(19)11-23-17(20)13-5-7-14(8-6-13)22-10-15-4-3-9-21-15/h5-8,12,15H,3-4,9-11H2,1-2H3,(H,18,19)/t15-/m0/s1. The molecule has 1 atom stereocenters. The second-order valence-corrected chi connectivity index (χ2v) is 5.77. The van der Waals surface area contributed by atoms with E-state index < -0.39 is 5.97 Å². The Morgan fingerprint density at radius 2 is 2.04 bits per heavy atom. The molecule has 1 aliphatic heterocycles. The average Bonchev–Trinajstić information content (AvgIpc) is 3.04. The lowest BCUT2D eigenvalue weighted by Gasteiger charge is -2.12. The smallest absolute Gasteiger partial charge is 0.338 e. The quantitative estimate of drug-likeness (QED) is 0.777. The highest BCUT2D eigenvalue weighted by atomic mass is 16.5. The van der Waals surface area contributed by atoms with Crippen molar-refractivity contribution in [2.45, 2.75) is 38.8 Å². The number of carbonyl (C=O) groups is 2. The number of hydrogen-bond acceptors (Lipinski definition) is 5. The lowest BCUT2D eigenvalue weighted by molar-refractivity contribution is -0.124. The summed E-state index contributed by atoms with van der Waals surface area (Å²) >= 11 is 0. The molecule has 1 fully saturated rings. The van der Waals surface area contributed by atoms with Crippen LogP contribution in [-0.4, -0.2) is 43.8 Å². The van der Waals surface area contributed by atoms with Crippen molar-refractivity contribution in [1.29, 1.82) is 0 Å². The Morgan fingerprint density at radius 3 is 2.65 bits per heavy atom. The van der Waals surface area contributed by atoms with Crippen LogP contribution < -0.4 is 10.1 Å². The van der Waals surface area contributed by atoms with Crippen molar-refractivity contribution in [3.8, 4) is 5.75 Å². The number of ether oxygens (including phenoxy) is 3. The summed E-state index contributed by atoms with van der Waals surface area (Å²) in [7, 11) is 0. The fourth-order valence-electron chi connectivity index (χ4n) is 2.23. The molecule has 1 amide bonds. The van der Waals surface area contributed by atoms with Gasteiger partial charge in [0, 0.05) is 12.6 Å². The summed E-state index contributed by atoms with van der Waals surface area (Å²) in [5, 5.41) is 2.65. The van der Waals surface area contributed by atoms with Crippen LogP contribution in [-0.2, 0) is 14.3 Å². The van der Waals surface area contributed by atoms with Crippen LogP contribution in [0.1, 0.15) is 37.0 Å². The third-order valence-electron chi connectivity index (χ3n) is 3.33. The van der Waals surface area contributed by atoms with E-state index in [2.05, 4.69) is 5.32 Å². The third-order valence-corrected chi connectivity index (χ3v) is 3.33. The molecule has 0 aliphatic carbocycles. The highest BCUT2D eigenvalue weighted by molar-refractivity contribution is 5.91. The van der Waals surface area contributed by atoms with Crippen molar-refractivity contribution < 1.29 is 23.8 Å². The first-order chi connectivity index (χ1) is 11.0. The molecule has 0 unspecified atom stereocenters. The number of carbonyl (C=O) groups excluding carboxylic acids is 2. The van der Waals surface area contributed by atoms with Crippen molar-refractivity contribution in [2.24, 2.45) is 0 Å². The third kappa shape index (κ3) is 5.90. The van der Waals surface area contributed by atoms with Crippen LogP contribution in [0.5, 0.6) is 5.75 Å². The van der Waals surface area contributed by atoms with E-state index in [1.807, 2.05) is 13.8 Å². The van der Waals surface area contributed by atoms with Gasteiger partial charge in [0.2, 0.25) is 0 Å². The number of esters is 1. The molecule has 0 spiro atoms. The Hall–Kier alpha value is -2.08. The van der Waals surface area contributed by atoms with Gasteiger partial charge in [-0.1, -0.05) is 0 Å². The Bertz CT molecular complexity index is 520. The average molecular weight is 321 g/mol. The summed E-state index contributed by atoms with van der Waals surface area (Å²) in [4.78, 5) is 23.3. The topological polar surface area (TPSA) is 73.9 Å². The van der Waals surface area contributed by atoms with Crippen LogP contribution in [0, 0.1) is 0 Å². The van der Waals surface area contributed by atoms with Gasteiger partial charge < -0.3 is 19.5 Å². The maximum Gasteiger partial charge on any atom is 0.338 e. The van der Waals surface area contributed by atoms with E-state index in [1.54, 1.807) is 24.3 Å². The fourth-order valence-corrected chi connectivity index (χ4v) is 2.23.